The highest BCUT2D eigenvalue weighted by Gasteiger charge is 2.13. The molecule has 0 bridgehead atoms. The summed E-state index contributed by atoms with van der Waals surface area (Å²) >= 11 is 0. The minimum atomic E-state index is 0.819. The van der Waals surface area contributed by atoms with E-state index in [9.17, 15) is 0 Å². The van der Waals surface area contributed by atoms with Crippen molar-refractivity contribution in [1.82, 2.24) is 9.97 Å². The van der Waals surface area contributed by atoms with Crippen molar-refractivity contribution in [3.63, 3.8) is 0 Å². The van der Waals surface area contributed by atoms with Crippen LogP contribution in [0.3, 0.4) is 0 Å². The van der Waals surface area contributed by atoms with E-state index < -0.39 is 0 Å². The third kappa shape index (κ3) is 2.67. The molecular weight excluding hydrogens is 246 g/mol. The van der Waals surface area contributed by atoms with Gasteiger partial charge in [-0.15, -0.1) is 0 Å². The van der Waals surface area contributed by atoms with Crippen molar-refractivity contribution < 1.29 is 0 Å². The van der Waals surface area contributed by atoms with E-state index in [-0.39, 0.29) is 0 Å². The summed E-state index contributed by atoms with van der Waals surface area (Å²) in [4.78, 5) is 9.41. The summed E-state index contributed by atoms with van der Waals surface area (Å²) in [5.41, 5.74) is 7.04. The van der Waals surface area contributed by atoms with Crippen LogP contribution < -0.4 is 5.32 Å². The molecule has 1 heterocycles. The Labute approximate surface area is 121 Å². The zero-order chi connectivity index (χ0) is 14.9. The van der Waals surface area contributed by atoms with Crippen molar-refractivity contribution in [2.24, 2.45) is 0 Å². The van der Waals surface area contributed by atoms with Gasteiger partial charge >= 0.3 is 0 Å². The molecule has 2 rings (SSSR count). The van der Waals surface area contributed by atoms with E-state index in [2.05, 4.69) is 57.1 Å². The molecule has 0 aliphatic heterocycles. The van der Waals surface area contributed by atoms with Gasteiger partial charge < -0.3 is 5.32 Å². The Morgan fingerprint density at radius 2 is 1.55 bits per heavy atom. The minimum absolute atomic E-state index is 0.819. The van der Waals surface area contributed by atoms with E-state index >= 15 is 0 Å². The SMILES string of the molecule is CCNc1nc(-c2c(C)cc(C)cc2C)nc(C)c1C. The lowest BCUT2D eigenvalue weighted by molar-refractivity contribution is 1.04. The number of hydrogen-bond donors (Lipinski definition) is 1. The Hall–Kier alpha value is -1.90. The molecule has 0 radical (unpaired) electrons. The highest BCUT2D eigenvalue weighted by atomic mass is 15.0. The lowest BCUT2D eigenvalue weighted by Crippen LogP contribution is -2.07. The standard InChI is InChI=1S/C17H23N3/c1-7-18-16-13(5)14(6)19-17(20-16)15-11(3)8-10(2)9-12(15)4/h8-9H,7H2,1-6H3,(H,18,19,20). The molecule has 0 amide bonds. The molecular formula is C17H23N3. The second-order valence-electron chi connectivity index (χ2n) is 5.41. The van der Waals surface area contributed by atoms with Crippen LogP contribution >= 0.6 is 0 Å². The molecule has 1 N–H and O–H groups in total. The van der Waals surface area contributed by atoms with Crippen molar-refractivity contribution in [3.05, 3.63) is 40.1 Å². The molecule has 0 spiro atoms. The average molecular weight is 269 g/mol. The first-order valence-corrected chi connectivity index (χ1v) is 7.11. The number of nitrogens with zero attached hydrogens (tertiary/aromatic N) is 2. The Balaban J connectivity index is 2.64. The molecule has 0 unspecified atom stereocenters. The predicted octanol–water partition coefficient (Wildman–Crippen LogP) is 4.12. The molecule has 0 saturated carbocycles. The van der Waals surface area contributed by atoms with E-state index in [1.54, 1.807) is 0 Å². The number of anilines is 1. The van der Waals surface area contributed by atoms with Crippen LogP contribution in [-0.4, -0.2) is 16.5 Å². The molecule has 1 aromatic heterocycles. The smallest absolute Gasteiger partial charge is 0.162 e. The van der Waals surface area contributed by atoms with Crippen LogP contribution in [0.25, 0.3) is 11.4 Å². The van der Waals surface area contributed by atoms with E-state index in [4.69, 9.17) is 4.98 Å². The molecule has 3 nitrogen and oxygen atoms in total. The third-order valence-corrected chi connectivity index (χ3v) is 3.63. The van der Waals surface area contributed by atoms with Gasteiger partial charge in [0, 0.05) is 23.4 Å². The van der Waals surface area contributed by atoms with Gasteiger partial charge in [0.1, 0.15) is 5.82 Å². The first-order chi connectivity index (χ1) is 9.43. The van der Waals surface area contributed by atoms with Gasteiger partial charge in [-0.1, -0.05) is 17.7 Å². The molecule has 0 saturated heterocycles. The highest BCUT2D eigenvalue weighted by Crippen LogP contribution is 2.28. The van der Waals surface area contributed by atoms with Crippen LogP contribution in [0.1, 0.15) is 34.9 Å². The van der Waals surface area contributed by atoms with Gasteiger partial charge in [-0.25, -0.2) is 9.97 Å². The van der Waals surface area contributed by atoms with Gasteiger partial charge in [-0.3, -0.25) is 0 Å². The van der Waals surface area contributed by atoms with Crippen LogP contribution in [0, 0.1) is 34.6 Å². The average Bonchev–Trinajstić information content (AvgIpc) is 2.34. The maximum absolute atomic E-state index is 4.72. The quantitative estimate of drug-likeness (QED) is 0.911. The van der Waals surface area contributed by atoms with Gasteiger partial charge in [-0.05, 0) is 52.7 Å². The molecule has 0 atom stereocenters. The molecule has 0 fully saturated rings. The van der Waals surface area contributed by atoms with Gasteiger partial charge in [0.25, 0.3) is 0 Å². The number of aryl methyl sites for hydroxylation is 4. The fourth-order valence-electron chi connectivity index (χ4n) is 2.61. The minimum Gasteiger partial charge on any atom is -0.370 e. The summed E-state index contributed by atoms with van der Waals surface area (Å²) < 4.78 is 0. The van der Waals surface area contributed by atoms with Crippen LogP contribution in [0.2, 0.25) is 0 Å². The molecule has 106 valence electrons. The number of rotatable bonds is 3. The number of nitrogens with one attached hydrogen (secondary N) is 1. The summed E-state index contributed by atoms with van der Waals surface area (Å²) in [7, 11) is 0. The Bertz CT molecular complexity index is 622. The van der Waals surface area contributed by atoms with E-state index in [0.29, 0.717) is 0 Å². The van der Waals surface area contributed by atoms with E-state index in [1.165, 1.54) is 16.7 Å². The highest BCUT2D eigenvalue weighted by molar-refractivity contribution is 5.67. The lowest BCUT2D eigenvalue weighted by atomic mass is 9.99. The van der Waals surface area contributed by atoms with Crippen LogP contribution in [0.4, 0.5) is 5.82 Å². The largest absolute Gasteiger partial charge is 0.370 e. The molecule has 1 aromatic carbocycles. The van der Waals surface area contributed by atoms with Crippen molar-refractivity contribution >= 4 is 5.82 Å². The first-order valence-electron chi connectivity index (χ1n) is 7.11. The topological polar surface area (TPSA) is 37.8 Å². The normalized spacial score (nSPS) is 10.7. The van der Waals surface area contributed by atoms with Crippen molar-refractivity contribution in [1.29, 1.82) is 0 Å². The number of benzene rings is 1. The van der Waals surface area contributed by atoms with E-state index in [1.807, 2.05) is 6.92 Å². The lowest BCUT2D eigenvalue weighted by Gasteiger charge is -2.14. The van der Waals surface area contributed by atoms with Gasteiger partial charge in [0.15, 0.2) is 5.82 Å². The Morgan fingerprint density at radius 3 is 2.10 bits per heavy atom. The van der Waals surface area contributed by atoms with Crippen molar-refractivity contribution in [3.8, 4) is 11.4 Å². The Kier molecular flexibility index (Phi) is 4.07. The molecule has 0 aliphatic carbocycles. The van der Waals surface area contributed by atoms with Gasteiger partial charge in [0.2, 0.25) is 0 Å². The van der Waals surface area contributed by atoms with Gasteiger partial charge in [0.05, 0.1) is 0 Å². The first kappa shape index (κ1) is 14.5. The fourth-order valence-corrected chi connectivity index (χ4v) is 2.61. The predicted molar refractivity (Wildman–Crippen MR) is 85.3 cm³/mol. The van der Waals surface area contributed by atoms with Gasteiger partial charge in [-0.2, -0.15) is 0 Å². The number of hydrogen-bond acceptors (Lipinski definition) is 3. The molecule has 2 aromatic rings. The maximum Gasteiger partial charge on any atom is 0.162 e. The zero-order valence-corrected chi connectivity index (χ0v) is 13.3. The molecule has 20 heavy (non-hydrogen) atoms. The number of aromatic nitrogens is 2. The third-order valence-electron chi connectivity index (χ3n) is 3.63. The molecule has 3 heteroatoms. The molecule has 0 aliphatic rings. The zero-order valence-electron chi connectivity index (χ0n) is 13.3. The second kappa shape index (κ2) is 5.61. The summed E-state index contributed by atoms with van der Waals surface area (Å²) in [5, 5.41) is 3.33. The Morgan fingerprint density at radius 1 is 0.950 bits per heavy atom. The second-order valence-corrected chi connectivity index (χ2v) is 5.41. The van der Waals surface area contributed by atoms with Crippen molar-refractivity contribution in [2.75, 3.05) is 11.9 Å². The fraction of sp³-hybridized carbons (Fsp3) is 0.412. The van der Waals surface area contributed by atoms with Crippen LogP contribution in [0.15, 0.2) is 12.1 Å². The van der Waals surface area contributed by atoms with Crippen molar-refractivity contribution in [2.45, 2.75) is 41.5 Å². The maximum atomic E-state index is 4.72. The summed E-state index contributed by atoms with van der Waals surface area (Å²) in [6.45, 7) is 13.4. The summed E-state index contributed by atoms with van der Waals surface area (Å²) in [5.74, 6) is 1.76. The summed E-state index contributed by atoms with van der Waals surface area (Å²) in [6.07, 6.45) is 0. The summed E-state index contributed by atoms with van der Waals surface area (Å²) in [6, 6.07) is 4.38. The van der Waals surface area contributed by atoms with Crippen LogP contribution in [0.5, 0.6) is 0 Å². The van der Waals surface area contributed by atoms with Crippen LogP contribution in [-0.2, 0) is 0 Å². The monoisotopic (exact) mass is 269 g/mol. The van der Waals surface area contributed by atoms with E-state index in [0.717, 1.165) is 35.0 Å².